The van der Waals surface area contributed by atoms with Crippen LogP contribution in [0.1, 0.15) is 6.42 Å². The standard InChI is InChI=1S/C7H9N3O4S/c8-7-10-6(14)3(15-7)1-4(11)9-2-5(12)13/h3H,1-2H2,(H,9,11)(H,12,13)(H2,8,10,14). The fourth-order valence-electron chi connectivity index (χ4n) is 0.947. The number of amides is 2. The summed E-state index contributed by atoms with van der Waals surface area (Å²) in [6.45, 7) is -0.458. The van der Waals surface area contributed by atoms with Gasteiger partial charge in [0.25, 0.3) is 5.91 Å². The van der Waals surface area contributed by atoms with Crippen molar-refractivity contribution in [3.63, 3.8) is 0 Å². The fraction of sp³-hybridized carbons (Fsp3) is 0.429. The summed E-state index contributed by atoms with van der Waals surface area (Å²) >= 11 is 1.01. The molecule has 0 aromatic rings. The number of rotatable bonds is 4. The van der Waals surface area contributed by atoms with Gasteiger partial charge >= 0.3 is 5.97 Å². The summed E-state index contributed by atoms with van der Waals surface area (Å²) in [5.74, 6) is -2.10. The van der Waals surface area contributed by atoms with Crippen molar-refractivity contribution >= 4 is 34.7 Å². The van der Waals surface area contributed by atoms with Crippen molar-refractivity contribution in [2.75, 3.05) is 6.54 Å². The largest absolute Gasteiger partial charge is 0.480 e. The third-order valence-corrected chi connectivity index (χ3v) is 2.55. The Labute approximate surface area is 89.1 Å². The van der Waals surface area contributed by atoms with Gasteiger partial charge in [0, 0.05) is 6.42 Å². The minimum atomic E-state index is -1.13. The van der Waals surface area contributed by atoms with E-state index in [0.29, 0.717) is 0 Å². The van der Waals surface area contributed by atoms with E-state index in [4.69, 9.17) is 10.8 Å². The summed E-state index contributed by atoms with van der Waals surface area (Å²) in [7, 11) is 0. The predicted molar refractivity (Wildman–Crippen MR) is 53.3 cm³/mol. The van der Waals surface area contributed by atoms with E-state index in [1.165, 1.54) is 0 Å². The van der Waals surface area contributed by atoms with Crippen LogP contribution in [0, 0.1) is 0 Å². The lowest BCUT2D eigenvalue weighted by atomic mass is 10.3. The van der Waals surface area contributed by atoms with Gasteiger partial charge in [-0.2, -0.15) is 4.99 Å². The molecule has 0 fully saturated rings. The second kappa shape index (κ2) is 4.78. The van der Waals surface area contributed by atoms with Crippen LogP contribution in [0.15, 0.2) is 4.99 Å². The van der Waals surface area contributed by atoms with Crippen molar-refractivity contribution in [3.8, 4) is 0 Å². The lowest BCUT2D eigenvalue weighted by Crippen LogP contribution is -2.32. The Morgan fingerprint density at radius 3 is 2.73 bits per heavy atom. The zero-order valence-corrected chi connectivity index (χ0v) is 8.41. The minimum Gasteiger partial charge on any atom is -0.480 e. The molecule has 1 rings (SSSR count). The Hall–Kier alpha value is -1.57. The predicted octanol–water partition coefficient (Wildman–Crippen LogP) is -1.47. The van der Waals surface area contributed by atoms with Gasteiger partial charge in [-0.1, -0.05) is 11.8 Å². The molecule has 0 aliphatic carbocycles. The van der Waals surface area contributed by atoms with E-state index < -0.39 is 29.6 Å². The van der Waals surface area contributed by atoms with Gasteiger partial charge in [-0.05, 0) is 0 Å². The summed E-state index contributed by atoms with van der Waals surface area (Å²) in [5, 5.41) is 9.95. The van der Waals surface area contributed by atoms with E-state index in [1.54, 1.807) is 0 Å². The van der Waals surface area contributed by atoms with Crippen molar-refractivity contribution in [1.82, 2.24) is 5.32 Å². The number of carboxylic acid groups (broad SMARTS) is 1. The van der Waals surface area contributed by atoms with Gasteiger partial charge < -0.3 is 16.2 Å². The maximum absolute atomic E-state index is 11.1. The zero-order chi connectivity index (χ0) is 11.4. The number of carboxylic acids is 1. The Kier molecular flexibility index (Phi) is 3.67. The number of nitrogens with two attached hydrogens (primary N) is 1. The molecule has 0 bridgehead atoms. The highest BCUT2D eigenvalue weighted by Crippen LogP contribution is 2.22. The number of hydrogen-bond donors (Lipinski definition) is 3. The Morgan fingerprint density at radius 1 is 1.60 bits per heavy atom. The average Bonchev–Trinajstić information content (AvgIpc) is 2.42. The molecule has 8 heteroatoms. The molecule has 1 atom stereocenters. The van der Waals surface area contributed by atoms with Crippen LogP contribution in [0.2, 0.25) is 0 Å². The van der Waals surface area contributed by atoms with Crippen LogP contribution in [0.25, 0.3) is 0 Å². The number of nitrogens with zero attached hydrogens (tertiary/aromatic N) is 1. The third kappa shape index (κ3) is 3.58. The SMILES string of the molecule is NC1=NC(=O)C(CC(=O)NCC(=O)O)S1. The summed E-state index contributed by atoms with van der Waals surface area (Å²) < 4.78 is 0. The molecular weight excluding hydrogens is 222 g/mol. The van der Waals surface area contributed by atoms with Gasteiger partial charge in [-0.25, -0.2) is 0 Å². The van der Waals surface area contributed by atoms with Crippen molar-refractivity contribution in [3.05, 3.63) is 0 Å². The summed E-state index contributed by atoms with van der Waals surface area (Å²) in [4.78, 5) is 35.8. The molecule has 4 N–H and O–H groups in total. The number of amidine groups is 1. The first kappa shape index (κ1) is 11.5. The molecule has 1 heterocycles. The minimum absolute atomic E-state index is 0.110. The van der Waals surface area contributed by atoms with E-state index in [9.17, 15) is 14.4 Å². The molecule has 0 radical (unpaired) electrons. The van der Waals surface area contributed by atoms with Crippen molar-refractivity contribution in [2.45, 2.75) is 11.7 Å². The highest BCUT2D eigenvalue weighted by atomic mass is 32.2. The number of thioether (sulfide) groups is 1. The number of carbonyl (C=O) groups is 3. The second-order valence-electron chi connectivity index (χ2n) is 2.77. The molecule has 82 valence electrons. The van der Waals surface area contributed by atoms with Gasteiger partial charge in [0.2, 0.25) is 5.91 Å². The van der Waals surface area contributed by atoms with E-state index in [2.05, 4.69) is 10.3 Å². The van der Waals surface area contributed by atoms with Gasteiger partial charge in [-0.3, -0.25) is 14.4 Å². The zero-order valence-electron chi connectivity index (χ0n) is 7.60. The van der Waals surface area contributed by atoms with Crippen LogP contribution in [0.3, 0.4) is 0 Å². The van der Waals surface area contributed by atoms with E-state index in [0.717, 1.165) is 11.8 Å². The van der Waals surface area contributed by atoms with E-state index >= 15 is 0 Å². The topological polar surface area (TPSA) is 122 Å². The maximum atomic E-state index is 11.1. The van der Waals surface area contributed by atoms with E-state index in [-0.39, 0.29) is 11.6 Å². The molecule has 0 spiro atoms. The lowest BCUT2D eigenvalue weighted by molar-refractivity contribution is -0.137. The first-order chi connectivity index (χ1) is 6.99. The number of hydrogen-bond acceptors (Lipinski definition) is 5. The van der Waals surface area contributed by atoms with Crippen molar-refractivity contribution < 1.29 is 19.5 Å². The number of aliphatic imine (C=N–C) groups is 1. The molecule has 15 heavy (non-hydrogen) atoms. The Morgan fingerprint density at radius 2 is 2.27 bits per heavy atom. The fourth-order valence-corrected chi connectivity index (χ4v) is 1.77. The average molecular weight is 231 g/mol. The van der Waals surface area contributed by atoms with E-state index in [1.807, 2.05) is 0 Å². The molecule has 1 aliphatic heterocycles. The quantitative estimate of drug-likeness (QED) is 0.543. The monoisotopic (exact) mass is 231 g/mol. The highest BCUT2D eigenvalue weighted by molar-refractivity contribution is 8.15. The van der Waals surface area contributed by atoms with Crippen molar-refractivity contribution in [1.29, 1.82) is 0 Å². The van der Waals surface area contributed by atoms with Crippen LogP contribution in [-0.2, 0) is 14.4 Å². The van der Waals surface area contributed by atoms with Crippen LogP contribution in [0.5, 0.6) is 0 Å². The molecule has 1 unspecified atom stereocenters. The van der Waals surface area contributed by atoms with Crippen LogP contribution >= 0.6 is 11.8 Å². The van der Waals surface area contributed by atoms with Crippen LogP contribution < -0.4 is 11.1 Å². The lowest BCUT2D eigenvalue weighted by Gasteiger charge is -2.05. The summed E-state index contributed by atoms with van der Waals surface area (Å²) in [6, 6.07) is 0. The van der Waals surface area contributed by atoms with Gasteiger partial charge in [0.1, 0.15) is 11.8 Å². The first-order valence-electron chi connectivity index (χ1n) is 4.02. The molecular formula is C7H9N3O4S. The normalized spacial score (nSPS) is 19.9. The highest BCUT2D eigenvalue weighted by Gasteiger charge is 2.29. The molecule has 7 nitrogen and oxygen atoms in total. The number of nitrogens with one attached hydrogen (secondary N) is 1. The number of aliphatic carboxylic acids is 1. The smallest absolute Gasteiger partial charge is 0.322 e. The number of carbonyl (C=O) groups excluding carboxylic acids is 2. The molecule has 2 amide bonds. The Balaban J connectivity index is 2.34. The maximum Gasteiger partial charge on any atom is 0.322 e. The molecule has 0 aromatic carbocycles. The first-order valence-corrected chi connectivity index (χ1v) is 4.90. The van der Waals surface area contributed by atoms with Gasteiger partial charge in [-0.15, -0.1) is 0 Å². The Bertz CT molecular complexity index is 341. The van der Waals surface area contributed by atoms with Crippen molar-refractivity contribution in [2.24, 2.45) is 10.7 Å². The second-order valence-corrected chi connectivity index (χ2v) is 3.99. The molecule has 1 aliphatic rings. The summed E-state index contributed by atoms with van der Waals surface area (Å²) in [6.07, 6.45) is -0.110. The van der Waals surface area contributed by atoms with Gasteiger partial charge in [0.15, 0.2) is 5.17 Å². The van der Waals surface area contributed by atoms with Gasteiger partial charge in [0.05, 0.1) is 0 Å². The van der Waals surface area contributed by atoms with Crippen LogP contribution in [-0.4, -0.2) is 39.9 Å². The third-order valence-electron chi connectivity index (χ3n) is 1.57. The molecule has 0 aromatic heterocycles. The molecule has 0 saturated carbocycles. The van der Waals surface area contributed by atoms with Crippen LogP contribution in [0.4, 0.5) is 0 Å². The molecule has 0 saturated heterocycles. The summed E-state index contributed by atoms with van der Waals surface area (Å²) in [5.41, 5.74) is 5.28.